The third-order valence-electron chi connectivity index (χ3n) is 5.58. The van der Waals surface area contributed by atoms with E-state index in [4.69, 9.17) is 4.74 Å². The van der Waals surface area contributed by atoms with Crippen molar-refractivity contribution in [1.82, 2.24) is 9.21 Å². The van der Waals surface area contributed by atoms with Crippen molar-refractivity contribution in [2.45, 2.75) is 43.7 Å². The molecule has 9 nitrogen and oxygen atoms in total. The van der Waals surface area contributed by atoms with Gasteiger partial charge in [-0.3, -0.25) is 10.1 Å². The quantitative estimate of drug-likeness (QED) is 0.768. The van der Waals surface area contributed by atoms with Gasteiger partial charge in [0.15, 0.2) is 0 Å². The highest BCUT2D eigenvalue weighted by Gasteiger charge is 2.38. The van der Waals surface area contributed by atoms with E-state index in [1.54, 1.807) is 0 Å². The predicted octanol–water partition coefficient (Wildman–Crippen LogP) is 1.90. The maximum Gasteiger partial charge on any atom is 0.411 e. The molecular weight excluding hydrogens is 410 g/mol. The third-order valence-corrected chi connectivity index (χ3v) is 7.46. The van der Waals surface area contributed by atoms with E-state index in [0.29, 0.717) is 38.3 Å². The number of ether oxygens (including phenoxy) is 2. The lowest BCUT2D eigenvalue weighted by molar-refractivity contribution is -0.149. The van der Waals surface area contributed by atoms with Gasteiger partial charge in [0.25, 0.3) is 0 Å². The number of sulfonamides is 1. The maximum atomic E-state index is 13.2. The molecule has 2 fully saturated rings. The van der Waals surface area contributed by atoms with Gasteiger partial charge in [0.1, 0.15) is 0 Å². The predicted molar refractivity (Wildman–Crippen MR) is 111 cm³/mol. The number of anilines is 1. The Kier molecular flexibility index (Phi) is 6.99. The number of carbonyl (C=O) groups excluding carboxylic acids is 2. The maximum absolute atomic E-state index is 13.2. The number of piperidine rings is 1. The van der Waals surface area contributed by atoms with Gasteiger partial charge in [0.05, 0.1) is 43.2 Å². The van der Waals surface area contributed by atoms with Crippen LogP contribution in [-0.4, -0.2) is 75.1 Å². The fourth-order valence-corrected chi connectivity index (χ4v) is 5.56. The molecule has 2 amide bonds. The van der Waals surface area contributed by atoms with Crippen molar-refractivity contribution < 1.29 is 27.5 Å². The van der Waals surface area contributed by atoms with Crippen molar-refractivity contribution in [3.8, 4) is 0 Å². The highest BCUT2D eigenvalue weighted by Crippen LogP contribution is 2.27. The zero-order chi connectivity index (χ0) is 21.9. The van der Waals surface area contributed by atoms with E-state index >= 15 is 0 Å². The number of hydrogen-bond acceptors (Lipinski definition) is 6. The van der Waals surface area contributed by atoms with Crippen LogP contribution in [0.5, 0.6) is 0 Å². The molecule has 3 atom stereocenters. The lowest BCUT2D eigenvalue weighted by atomic mass is 9.96. The Balaban J connectivity index is 1.72. The summed E-state index contributed by atoms with van der Waals surface area (Å²) in [6.07, 6.45) is 0.670. The lowest BCUT2D eigenvalue weighted by Gasteiger charge is -2.42. The second-order valence-corrected chi connectivity index (χ2v) is 9.76. The topological polar surface area (TPSA) is 105 Å². The first kappa shape index (κ1) is 22.5. The van der Waals surface area contributed by atoms with Crippen LogP contribution in [0.2, 0.25) is 0 Å². The fourth-order valence-electron chi connectivity index (χ4n) is 4.04. The molecule has 2 heterocycles. The number of carbonyl (C=O) groups is 2. The molecule has 1 N–H and O–H groups in total. The normalized spacial score (nSPS) is 25.6. The second-order valence-electron chi connectivity index (χ2n) is 7.82. The zero-order valence-corrected chi connectivity index (χ0v) is 18.4. The van der Waals surface area contributed by atoms with Crippen molar-refractivity contribution >= 4 is 27.7 Å². The molecule has 30 heavy (non-hydrogen) atoms. The minimum absolute atomic E-state index is 0.00386. The molecule has 0 aromatic heterocycles. The number of rotatable bonds is 4. The van der Waals surface area contributed by atoms with Gasteiger partial charge < -0.3 is 14.4 Å². The first-order valence-electron chi connectivity index (χ1n) is 10.1. The summed E-state index contributed by atoms with van der Waals surface area (Å²) in [7, 11) is -2.49. The Bertz CT molecular complexity index is 863. The number of nitrogens with one attached hydrogen (secondary N) is 1. The van der Waals surface area contributed by atoms with Crippen molar-refractivity contribution in [1.29, 1.82) is 0 Å². The molecule has 2 saturated heterocycles. The van der Waals surface area contributed by atoms with Crippen LogP contribution in [-0.2, 0) is 24.3 Å². The van der Waals surface area contributed by atoms with Crippen LogP contribution in [0.25, 0.3) is 0 Å². The van der Waals surface area contributed by atoms with Crippen molar-refractivity contribution in [2.75, 3.05) is 38.7 Å². The number of nitrogens with zero attached hydrogens (tertiary/aromatic N) is 2. The number of benzene rings is 1. The average Bonchev–Trinajstić information content (AvgIpc) is 2.74. The highest BCUT2D eigenvalue weighted by molar-refractivity contribution is 7.89. The number of morpholine rings is 1. The first-order chi connectivity index (χ1) is 14.2. The highest BCUT2D eigenvalue weighted by atomic mass is 32.2. The van der Waals surface area contributed by atoms with E-state index in [-0.39, 0.29) is 35.3 Å². The van der Waals surface area contributed by atoms with Crippen molar-refractivity contribution in [3.05, 3.63) is 24.3 Å². The molecule has 10 heteroatoms. The summed E-state index contributed by atoms with van der Waals surface area (Å²) >= 11 is 0. The van der Waals surface area contributed by atoms with Gasteiger partial charge >= 0.3 is 6.09 Å². The Hall–Kier alpha value is -2.17. The van der Waals surface area contributed by atoms with Gasteiger partial charge in [0.2, 0.25) is 15.9 Å². The van der Waals surface area contributed by atoms with Gasteiger partial charge in [0, 0.05) is 18.8 Å². The Morgan fingerprint density at radius 3 is 2.37 bits per heavy atom. The van der Waals surface area contributed by atoms with Gasteiger partial charge in [-0.25, -0.2) is 13.2 Å². The largest absolute Gasteiger partial charge is 0.453 e. The van der Waals surface area contributed by atoms with E-state index in [9.17, 15) is 18.0 Å². The van der Waals surface area contributed by atoms with Crippen LogP contribution >= 0.6 is 0 Å². The van der Waals surface area contributed by atoms with E-state index in [2.05, 4.69) is 10.1 Å². The smallest absolute Gasteiger partial charge is 0.411 e. The Morgan fingerprint density at radius 2 is 1.77 bits per heavy atom. The third kappa shape index (κ3) is 4.76. The molecule has 2 aliphatic rings. The molecule has 2 aliphatic heterocycles. The molecule has 0 unspecified atom stereocenters. The summed E-state index contributed by atoms with van der Waals surface area (Å²) in [5.74, 6) is -0.368. The lowest BCUT2D eigenvalue weighted by Crippen LogP contribution is -2.56. The summed E-state index contributed by atoms with van der Waals surface area (Å²) in [5, 5.41) is 2.49. The van der Waals surface area contributed by atoms with Gasteiger partial charge in [-0.05, 0) is 51.0 Å². The standard InChI is InChI=1S/C20H29N3O6S/c1-14-12-29-13-15(2)23(14)19(24)16-5-4-10-22(11-16)30(26,27)18-8-6-17(7-9-18)21-20(25)28-3/h6-9,14-16H,4-5,10-13H2,1-3H3,(H,21,25)/t14-,15-,16-/m0/s1. The number of methoxy groups -OCH3 is 1. The van der Waals surface area contributed by atoms with Gasteiger partial charge in [-0.2, -0.15) is 4.31 Å². The summed E-state index contributed by atoms with van der Waals surface area (Å²) in [4.78, 5) is 26.4. The van der Waals surface area contributed by atoms with Crippen molar-refractivity contribution in [2.24, 2.45) is 5.92 Å². The molecule has 0 radical (unpaired) electrons. The van der Waals surface area contributed by atoms with Crippen LogP contribution in [0.3, 0.4) is 0 Å². The van der Waals surface area contributed by atoms with Crippen LogP contribution in [0.1, 0.15) is 26.7 Å². The number of amides is 2. The summed E-state index contributed by atoms with van der Waals surface area (Å²) in [6.45, 7) is 5.44. The minimum Gasteiger partial charge on any atom is -0.453 e. The van der Waals surface area contributed by atoms with Gasteiger partial charge in [-0.15, -0.1) is 0 Å². The van der Waals surface area contributed by atoms with E-state index in [1.165, 1.54) is 35.7 Å². The first-order valence-corrected chi connectivity index (χ1v) is 11.5. The number of hydrogen-bond donors (Lipinski definition) is 1. The van der Waals surface area contributed by atoms with Gasteiger partial charge in [-0.1, -0.05) is 0 Å². The Labute approximate surface area is 177 Å². The molecular formula is C20H29N3O6S. The molecule has 0 spiro atoms. The van der Waals surface area contributed by atoms with Crippen LogP contribution in [0.15, 0.2) is 29.2 Å². The van der Waals surface area contributed by atoms with E-state index in [1.807, 2.05) is 18.7 Å². The molecule has 0 bridgehead atoms. The second kappa shape index (κ2) is 9.32. The SMILES string of the molecule is COC(=O)Nc1ccc(S(=O)(=O)N2CCC[C@H](C(=O)N3[C@@H](C)COC[C@@H]3C)C2)cc1. The van der Waals surface area contributed by atoms with E-state index < -0.39 is 16.1 Å². The molecule has 166 valence electrons. The van der Waals surface area contributed by atoms with Crippen molar-refractivity contribution in [3.63, 3.8) is 0 Å². The average molecular weight is 440 g/mol. The Morgan fingerprint density at radius 1 is 1.13 bits per heavy atom. The fraction of sp³-hybridized carbons (Fsp3) is 0.600. The summed E-state index contributed by atoms with van der Waals surface area (Å²) in [6, 6.07) is 5.85. The molecule has 1 aromatic carbocycles. The zero-order valence-electron chi connectivity index (χ0n) is 17.5. The summed E-state index contributed by atoms with van der Waals surface area (Å²) in [5.41, 5.74) is 0.433. The molecule has 0 aliphatic carbocycles. The summed E-state index contributed by atoms with van der Waals surface area (Å²) < 4.78 is 37.7. The monoisotopic (exact) mass is 439 g/mol. The van der Waals surface area contributed by atoms with Crippen LogP contribution < -0.4 is 5.32 Å². The molecule has 3 rings (SSSR count). The van der Waals surface area contributed by atoms with E-state index in [0.717, 1.165) is 0 Å². The molecule has 1 aromatic rings. The van der Waals surface area contributed by atoms with Crippen LogP contribution in [0.4, 0.5) is 10.5 Å². The molecule has 0 saturated carbocycles. The van der Waals surface area contributed by atoms with Crippen LogP contribution in [0, 0.1) is 5.92 Å². The minimum atomic E-state index is -3.74.